The second-order valence-electron chi connectivity index (χ2n) is 5.32. The standard InChI is InChI=1S/C18H14ClFN4O2/c1-2-8-21-17(25)15-14-5-3-4-9-24(14)16(23-15)18(26)22-11-6-7-13(20)12(19)10-11/h2-7,9-10H,1,8H2,(H,21,25)(H,22,26). The highest BCUT2D eigenvalue weighted by Gasteiger charge is 2.21. The van der Waals surface area contributed by atoms with Gasteiger partial charge in [-0.15, -0.1) is 6.58 Å². The zero-order chi connectivity index (χ0) is 18.7. The number of hydrogen-bond acceptors (Lipinski definition) is 3. The van der Waals surface area contributed by atoms with Crippen molar-refractivity contribution in [1.82, 2.24) is 14.7 Å². The number of halogens is 2. The summed E-state index contributed by atoms with van der Waals surface area (Å²) in [7, 11) is 0. The number of benzene rings is 1. The van der Waals surface area contributed by atoms with Gasteiger partial charge in [0.15, 0.2) is 5.69 Å². The van der Waals surface area contributed by atoms with E-state index in [-0.39, 0.29) is 23.1 Å². The van der Waals surface area contributed by atoms with Crippen molar-refractivity contribution in [3.63, 3.8) is 0 Å². The molecule has 0 bridgehead atoms. The molecule has 0 spiro atoms. The molecule has 0 radical (unpaired) electrons. The van der Waals surface area contributed by atoms with E-state index in [0.29, 0.717) is 11.2 Å². The van der Waals surface area contributed by atoms with E-state index in [9.17, 15) is 14.0 Å². The Kier molecular flexibility index (Phi) is 4.99. The Labute approximate surface area is 153 Å². The topological polar surface area (TPSA) is 75.5 Å². The van der Waals surface area contributed by atoms with Crippen LogP contribution in [0.15, 0.2) is 55.3 Å². The van der Waals surface area contributed by atoms with E-state index in [2.05, 4.69) is 22.2 Å². The van der Waals surface area contributed by atoms with Gasteiger partial charge in [-0.05, 0) is 30.3 Å². The molecular weight excluding hydrogens is 359 g/mol. The molecule has 1 aromatic carbocycles. The second-order valence-corrected chi connectivity index (χ2v) is 5.73. The van der Waals surface area contributed by atoms with Crippen molar-refractivity contribution in [3.05, 3.63) is 77.6 Å². The molecule has 2 N–H and O–H groups in total. The lowest BCUT2D eigenvalue weighted by atomic mass is 10.3. The lowest BCUT2D eigenvalue weighted by molar-refractivity contribution is 0.0955. The first-order valence-corrected chi connectivity index (χ1v) is 8.01. The van der Waals surface area contributed by atoms with Gasteiger partial charge in [0.25, 0.3) is 11.8 Å². The van der Waals surface area contributed by atoms with Gasteiger partial charge in [-0.25, -0.2) is 9.37 Å². The lowest BCUT2D eigenvalue weighted by Gasteiger charge is -2.05. The molecule has 2 amide bonds. The van der Waals surface area contributed by atoms with Crippen LogP contribution in [0.2, 0.25) is 5.02 Å². The average Bonchev–Trinajstić information content (AvgIpc) is 3.03. The molecular formula is C18H14ClFN4O2. The van der Waals surface area contributed by atoms with Gasteiger partial charge in [0.05, 0.1) is 10.5 Å². The molecule has 132 valence electrons. The predicted octanol–water partition coefficient (Wildman–Crippen LogP) is 3.29. The quantitative estimate of drug-likeness (QED) is 0.675. The third kappa shape index (κ3) is 3.43. The van der Waals surface area contributed by atoms with Gasteiger partial charge in [-0.3, -0.25) is 14.0 Å². The summed E-state index contributed by atoms with van der Waals surface area (Å²) >= 11 is 5.72. The molecule has 2 heterocycles. The maximum atomic E-state index is 13.2. The smallest absolute Gasteiger partial charge is 0.292 e. The highest BCUT2D eigenvalue weighted by Crippen LogP contribution is 2.20. The summed E-state index contributed by atoms with van der Waals surface area (Å²) in [6, 6.07) is 8.96. The first-order chi connectivity index (χ1) is 12.5. The molecule has 0 saturated heterocycles. The molecule has 3 rings (SSSR count). The summed E-state index contributed by atoms with van der Waals surface area (Å²) < 4.78 is 14.8. The number of hydrogen-bond donors (Lipinski definition) is 2. The number of aromatic nitrogens is 2. The average molecular weight is 373 g/mol. The monoisotopic (exact) mass is 372 g/mol. The minimum atomic E-state index is -0.586. The van der Waals surface area contributed by atoms with Crippen LogP contribution in [0.4, 0.5) is 10.1 Å². The van der Waals surface area contributed by atoms with Crippen LogP contribution >= 0.6 is 11.6 Å². The molecule has 0 aliphatic rings. The van der Waals surface area contributed by atoms with Crippen molar-refractivity contribution in [2.75, 3.05) is 11.9 Å². The van der Waals surface area contributed by atoms with Crippen LogP contribution in [0.5, 0.6) is 0 Å². The second kappa shape index (κ2) is 7.37. The highest BCUT2D eigenvalue weighted by atomic mass is 35.5. The Morgan fingerprint density at radius 3 is 2.81 bits per heavy atom. The zero-order valence-corrected chi connectivity index (χ0v) is 14.3. The fourth-order valence-electron chi connectivity index (χ4n) is 2.37. The van der Waals surface area contributed by atoms with Crippen LogP contribution in [-0.4, -0.2) is 27.7 Å². The van der Waals surface area contributed by atoms with Gasteiger partial charge in [0.2, 0.25) is 5.82 Å². The molecule has 0 aliphatic carbocycles. The molecule has 6 nitrogen and oxygen atoms in total. The molecule has 0 saturated carbocycles. The summed E-state index contributed by atoms with van der Waals surface area (Å²) in [6.07, 6.45) is 3.17. The van der Waals surface area contributed by atoms with Crippen molar-refractivity contribution in [2.24, 2.45) is 0 Å². The van der Waals surface area contributed by atoms with Crippen molar-refractivity contribution in [1.29, 1.82) is 0 Å². The Morgan fingerprint density at radius 1 is 1.27 bits per heavy atom. The maximum Gasteiger partial charge on any atom is 0.292 e. The Balaban J connectivity index is 1.96. The van der Waals surface area contributed by atoms with Crippen molar-refractivity contribution < 1.29 is 14.0 Å². The zero-order valence-electron chi connectivity index (χ0n) is 13.5. The van der Waals surface area contributed by atoms with Crippen molar-refractivity contribution in [2.45, 2.75) is 0 Å². The van der Waals surface area contributed by atoms with Crippen LogP contribution in [0, 0.1) is 5.82 Å². The fourth-order valence-corrected chi connectivity index (χ4v) is 2.56. The van der Waals surface area contributed by atoms with Gasteiger partial charge in [-0.2, -0.15) is 0 Å². The number of amides is 2. The first kappa shape index (κ1) is 17.6. The maximum absolute atomic E-state index is 13.2. The third-order valence-corrected chi connectivity index (χ3v) is 3.84. The molecule has 0 fully saturated rings. The first-order valence-electron chi connectivity index (χ1n) is 7.64. The summed E-state index contributed by atoms with van der Waals surface area (Å²) in [5.74, 6) is -1.55. The largest absolute Gasteiger partial charge is 0.347 e. The minimum absolute atomic E-state index is 0.0183. The number of nitrogens with zero attached hydrogens (tertiary/aromatic N) is 2. The normalized spacial score (nSPS) is 10.5. The van der Waals surface area contributed by atoms with E-state index in [1.807, 2.05) is 0 Å². The molecule has 0 aliphatic heterocycles. The summed E-state index contributed by atoms with van der Waals surface area (Å²) in [6.45, 7) is 3.82. The van der Waals surface area contributed by atoms with Crippen LogP contribution < -0.4 is 10.6 Å². The predicted molar refractivity (Wildman–Crippen MR) is 97.1 cm³/mol. The Bertz CT molecular complexity index is 1020. The van der Waals surface area contributed by atoms with Gasteiger partial charge < -0.3 is 10.6 Å². The summed E-state index contributed by atoms with van der Waals surface area (Å²) in [5.41, 5.74) is 0.915. The number of carbonyl (C=O) groups excluding carboxylic acids is 2. The van der Waals surface area contributed by atoms with Gasteiger partial charge in [0.1, 0.15) is 5.82 Å². The number of imidazole rings is 1. The Morgan fingerprint density at radius 2 is 2.08 bits per heavy atom. The number of carbonyl (C=O) groups is 2. The van der Waals surface area contributed by atoms with Crippen molar-refractivity contribution in [3.8, 4) is 0 Å². The van der Waals surface area contributed by atoms with Crippen LogP contribution in [0.25, 0.3) is 5.52 Å². The van der Waals surface area contributed by atoms with Gasteiger partial charge >= 0.3 is 0 Å². The van der Waals surface area contributed by atoms with Crippen LogP contribution in [0.3, 0.4) is 0 Å². The third-order valence-electron chi connectivity index (χ3n) is 3.55. The van der Waals surface area contributed by atoms with Gasteiger partial charge in [-0.1, -0.05) is 23.7 Å². The number of nitrogens with one attached hydrogen (secondary N) is 2. The van der Waals surface area contributed by atoms with E-state index < -0.39 is 17.6 Å². The molecule has 0 atom stereocenters. The Hall–Kier alpha value is -3.19. The van der Waals surface area contributed by atoms with E-state index in [4.69, 9.17) is 11.6 Å². The molecule has 0 unspecified atom stereocenters. The lowest BCUT2D eigenvalue weighted by Crippen LogP contribution is -2.24. The molecule has 2 aromatic heterocycles. The van der Waals surface area contributed by atoms with Crippen molar-refractivity contribution >= 4 is 34.6 Å². The van der Waals surface area contributed by atoms with Crippen LogP contribution in [0.1, 0.15) is 21.1 Å². The summed E-state index contributed by atoms with van der Waals surface area (Å²) in [4.78, 5) is 29.0. The van der Waals surface area contributed by atoms with E-state index in [1.165, 1.54) is 16.5 Å². The summed E-state index contributed by atoms with van der Waals surface area (Å²) in [5, 5.41) is 5.11. The fraction of sp³-hybridized carbons (Fsp3) is 0.0556. The number of pyridine rings is 1. The van der Waals surface area contributed by atoms with Crippen LogP contribution in [-0.2, 0) is 0 Å². The van der Waals surface area contributed by atoms with E-state index in [1.54, 1.807) is 30.5 Å². The van der Waals surface area contributed by atoms with Gasteiger partial charge in [0, 0.05) is 18.4 Å². The van der Waals surface area contributed by atoms with E-state index >= 15 is 0 Å². The minimum Gasteiger partial charge on any atom is -0.347 e. The highest BCUT2D eigenvalue weighted by molar-refractivity contribution is 6.31. The molecule has 26 heavy (non-hydrogen) atoms. The number of anilines is 1. The van der Waals surface area contributed by atoms with E-state index in [0.717, 1.165) is 6.07 Å². The number of fused-ring (bicyclic) bond motifs is 1. The SMILES string of the molecule is C=CCNC(=O)c1nc(C(=O)Nc2ccc(F)c(Cl)c2)n2ccccc12. The number of rotatable bonds is 5. The molecule has 8 heteroatoms. The molecule has 3 aromatic rings.